The number of likely N-dealkylation sites (tertiary alicyclic amines) is 1. The van der Waals surface area contributed by atoms with Crippen molar-refractivity contribution in [1.82, 2.24) is 10.2 Å². The predicted molar refractivity (Wildman–Crippen MR) is 62.4 cm³/mol. The van der Waals surface area contributed by atoms with Gasteiger partial charge in [-0.15, -0.1) is 0 Å². The molecular formula is C12H22N2O2. The van der Waals surface area contributed by atoms with E-state index in [0.717, 1.165) is 13.1 Å². The second-order valence-electron chi connectivity index (χ2n) is 6.22. The Balaban J connectivity index is 2.16. The normalized spacial score (nSPS) is 37.4. The van der Waals surface area contributed by atoms with E-state index in [0.29, 0.717) is 18.4 Å². The molecular weight excluding hydrogens is 204 g/mol. The van der Waals surface area contributed by atoms with Crippen molar-refractivity contribution in [1.29, 1.82) is 0 Å². The molecule has 0 aromatic heterocycles. The molecule has 1 amide bonds. The number of hydrogen-bond acceptors (Lipinski definition) is 2. The maximum absolute atomic E-state index is 11.0. The van der Waals surface area contributed by atoms with E-state index in [1.807, 2.05) is 7.05 Å². The van der Waals surface area contributed by atoms with Crippen LogP contribution in [0.1, 0.15) is 20.8 Å². The predicted octanol–water partition coefficient (Wildman–Crippen LogP) is 1.48. The van der Waals surface area contributed by atoms with Crippen LogP contribution in [0.25, 0.3) is 0 Å². The van der Waals surface area contributed by atoms with Crippen LogP contribution in [0, 0.1) is 22.7 Å². The third kappa shape index (κ3) is 1.35. The van der Waals surface area contributed by atoms with Gasteiger partial charge in [0.05, 0.1) is 0 Å². The zero-order chi connectivity index (χ0) is 12.1. The molecule has 2 fully saturated rings. The fourth-order valence-electron chi connectivity index (χ4n) is 3.79. The lowest BCUT2D eigenvalue weighted by atomic mass is 9.75. The summed E-state index contributed by atoms with van der Waals surface area (Å²) < 4.78 is 0. The SMILES string of the molecule is CNC[C@H]1[C@@H]2CN(C(=O)O)C[C@]12C(C)(C)C. The number of nitrogens with zero attached hydrogens (tertiary/aromatic N) is 1. The zero-order valence-corrected chi connectivity index (χ0v) is 10.6. The highest BCUT2D eigenvalue weighted by Crippen LogP contribution is 2.70. The lowest BCUT2D eigenvalue weighted by Gasteiger charge is -2.32. The molecule has 1 heterocycles. The lowest BCUT2D eigenvalue weighted by Crippen LogP contribution is -2.38. The number of hydrogen-bond donors (Lipinski definition) is 2. The summed E-state index contributed by atoms with van der Waals surface area (Å²) in [6, 6.07) is 0. The monoisotopic (exact) mass is 226 g/mol. The molecule has 1 saturated heterocycles. The highest BCUT2D eigenvalue weighted by molar-refractivity contribution is 5.66. The van der Waals surface area contributed by atoms with Crippen molar-refractivity contribution >= 4 is 6.09 Å². The Morgan fingerprint density at radius 1 is 1.56 bits per heavy atom. The minimum atomic E-state index is -0.765. The molecule has 4 heteroatoms. The molecule has 2 aliphatic rings. The van der Waals surface area contributed by atoms with Gasteiger partial charge in [-0.1, -0.05) is 20.8 Å². The molecule has 1 aliphatic carbocycles. The molecule has 0 spiro atoms. The quantitative estimate of drug-likeness (QED) is 0.750. The number of piperidine rings is 1. The Bertz CT molecular complexity index is 311. The molecule has 16 heavy (non-hydrogen) atoms. The van der Waals surface area contributed by atoms with Crippen LogP contribution in [0.4, 0.5) is 4.79 Å². The van der Waals surface area contributed by atoms with Crippen molar-refractivity contribution < 1.29 is 9.90 Å². The van der Waals surface area contributed by atoms with Crippen LogP contribution in [-0.2, 0) is 0 Å². The first kappa shape index (κ1) is 11.7. The van der Waals surface area contributed by atoms with Crippen LogP contribution in [0.2, 0.25) is 0 Å². The highest BCUT2D eigenvalue weighted by atomic mass is 16.4. The largest absolute Gasteiger partial charge is 0.465 e. The Morgan fingerprint density at radius 3 is 2.56 bits per heavy atom. The van der Waals surface area contributed by atoms with Gasteiger partial charge >= 0.3 is 6.09 Å². The average Bonchev–Trinajstić information content (AvgIpc) is 2.58. The maximum Gasteiger partial charge on any atom is 0.407 e. The van der Waals surface area contributed by atoms with E-state index in [9.17, 15) is 4.79 Å². The Hall–Kier alpha value is -0.770. The van der Waals surface area contributed by atoms with Crippen LogP contribution in [0.3, 0.4) is 0 Å². The molecule has 92 valence electrons. The number of carbonyl (C=O) groups is 1. The van der Waals surface area contributed by atoms with Crippen LogP contribution in [-0.4, -0.2) is 42.8 Å². The minimum absolute atomic E-state index is 0.184. The molecule has 0 radical (unpaired) electrons. The molecule has 2 rings (SSSR count). The number of fused-ring (bicyclic) bond motifs is 1. The number of carboxylic acid groups (broad SMARTS) is 1. The van der Waals surface area contributed by atoms with Gasteiger partial charge in [0.15, 0.2) is 0 Å². The van der Waals surface area contributed by atoms with E-state index >= 15 is 0 Å². The summed E-state index contributed by atoms with van der Waals surface area (Å²) in [5, 5.41) is 12.3. The Labute approximate surface area is 97.0 Å². The third-order valence-corrected chi connectivity index (χ3v) is 4.66. The van der Waals surface area contributed by atoms with Crippen molar-refractivity contribution in [3.05, 3.63) is 0 Å². The maximum atomic E-state index is 11.0. The van der Waals surface area contributed by atoms with Crippen LogP contribution in [0.15, 0.2) is 0 Å². The smallest absolute Gasteiger partial charge is 0.407 e. The summed E-state index contributed by atoms with van der Waals surface area (Å²) in [7, 11) is 1.97. The van der Waals surface area contributed by atoms with E-state index in [1.165, 1.54) is 0 Å². The standard InChI is InChI=1S/C12H22N2O2/c1-11(2,3)12-7-14(10(15)16)6-9(12)8(12)5-13-4/h8-9,13H,5-7H2,1-4H3,(H,15,16)/t8-,9-,12-/m0/s1. The molecule has 0 bridgehead atoms. The summed E-state index contributed by atoms with van der Waals surface area (Å²) in [6.45, 7) is 9.15. The molecule has 1 aliphatic heterocycles. The highest BCUT2D eigenvalue weighted by Gasteiger charge is 2.73. The Morgan fingerprint density at radius 2 is 2.19 bits per heavy atom. The lowest BCUT2D eigenvalue weighted by molar-refractivity contribution is 0.122. The van der Waals surface area contributed by atoms with Crippen LogP contribution in [0.5, 0.6) is 0 Å². The van der Waals surface area contributed by atoms with E-state index in [1.54, 1.807) is 4.90 Å². The second kappa shape index (κ2) is 3.36. The van der Waals surface area contributed by atoms with E-state index in [4.69, 9.17) is 5.11 Å². The molecule has 1 saturated carbocycles. The zero-order valence-electron chi connectivity index (χ0n) is 10.6. The minimum Gasteiger partial charge on any atom is -0.465 e. The number of rotatable bonds is 2. The molecule has 4 nitrogen and oxygen atoms in total. The molecule has 2 N–H and O–H groups in total. The average molecular weight is 226 g/mol. The van der Waals surface area contributed by atoms with Gasteiger partial charge in [0.25, 0.3) is 0 Å². The van der Waals surface area contributed by atoms with E-state index < -0.39 is 6.09 Å². The van der Waals surface area contributed by atoms with Gasteiger partial charge in [-0.25, -0.2) is 4.79 Å². The Kier molecular flexibility index (Phi) is 2.46. The fourth-order valence-corrected chi connectivity index (χ4v) is 3.79. The van der Waals surface area contributed by atoms with Crippen LogP contribution < -0.4 is 5.32 Å². The van der Waals surface area contributed by atoms with Crippen molar-refractivity contribution in [3.63, 3.8) is 0 Å². The van der Waals surface area contributed by atoms with Gasteiger partial charge in [0.1, 0.15) is 0 Å². The van der Waals surface area contributed by atoms with E-state index in [-0.39, 0.29) is 10.8 Å². The summed E-state index contributed by atoms with van der Waals surface area (Å²) in [6.07, 6.45) is -0.765. The van der Waals surface area contributed by atoms with Crippen molar-refractivity contribution in [3.8, 4) is 0 Å². The van der Waals surface area contributed by atoms with Crippen LogP contribution >= 0.6 is 0 Å². The van der Waals surface area contributed by atoms with Gasteiger partial charge < -0.3 is 15.3 Å². The summed E-state index contributed by atoms with van der Waals surface area (Å²) in [5.41, 5.74) is 0.387. The van der Waals surface area contributed by atoms with Gasteiger partial charge in [-0.3, -0.25) is 0 Å². The first-order chi connectivity index (χ1) is 7.34. The third-order valence-electron chi connectivity index (χ3n) is 4.66. The second-order valence-corrected chi connectivity index (χ2v) is 6.22. The molecule has 0 unspecified atom stereocenters. The topological polar surface area (TPSA) is 52.6 Å². The van der Waals surface area contributed by atoms with Crippen molar-refractivity contribution in [2.24, 2.45) is 22.7 Å². The number of nitrogens with one attached hydrogen (secondary N) is 1. The molecule has 0 aromatic carbocycles. The van der Waals surface area contributed by atoms with Gasteiger partial charge in [0, 0.05) is 18.5 Å². The number of amides is 1. The summed E-state index contributed by atoms with van der Waals surface area (Å²) in [5.74, 6) is 1.20. The first-order valence-electron chi connectivity index (χ1n) is 5.97. The van der Waals surface area contributed by atoms with Gasteiger partial charge in [-0.2, -0.15) is 0 Å². The summed E-state index contributed by atoms with van der Waals surface area (Å²) >= 11 is 0. The fraction of sp³-hybridized carbons (Fsp3) is 0.917. The van der Waals surface area contributed by atoms with Gasteiger partial charge in [0.2, 0.25) is 0 Å². The van der Waals surface area contributed by atoms with E-state index in [2.05, 4.69) is 26.1 Å². The molecule has 0 aromatic rings. The van der Waals surface area contributed by atoms with Crippen molar-refractivity contribution in [2.45, 2.75) is 20.8 Å². The first-order valence-corrected chi connectivity index (χ1v) is 5.97. The molecule has 3 atom stereocenters. The van der Waals surface area contributed by atoms with Crippen molar-refractivity contribution in [2.75, 3.05) is 26.7 Å². The van der Waals surface area contributed by atoms with Gasteiger partial charge in [-0.05, 0) is 30.8 Å². The summed E-state index contributed by atoms with van der Waals surface area (Å²) in [4.78, 5) is 12.6.